The van der Waals surface area contributed by atoms with Crippen molar-refractivity contribution in [2.24, 2.45) is 0 Å². The van der Waals surface area contributed by atoms with Crippen molar-refractivity contribution in [3.8, 4) is 17.0 Å². The lowest BCUT2D eigenvalue weighted by Gasteiger charge is -2.34. The molecule has 4 aromatic rings. The summed E-state index contributed by atoms with van der Waals surface area (Å²) in [6.07, 6.45) is 1.80. The van der Waals surface area contributed by atoms with Gasteiger partial charge in [-0.25, -0.2) is 4.39 Å². The Bertz CT molecular complexity index is 1320. The summed E-state index contributed by atoms with van der Waals surface area (Å²) in [5, 5.41) is 4.03. The van der Waals surface area contributed by atoms with Gasteiger partial charge in [0.05, 0.1) is 17.5 Å². The molecule has 5 rings (SSSR count). The second-order valence-corrected chi connectivity index (χ2v) is 9.05. The Labute approximate surface area is 208 Å². The number of halogens is 2. The third kappa shape index (κ3) is 5.10. The highest BCUT2D eigenvalue weighted by Crippen LogP contribution is 2.36. The normalized spacial score (nSPS) is 15.0. The molecule has 2 aromatic carbocycles. The van der Waals surface area contributed by atoms with Crippen molar-refractivity contribution in [2.75, 3.05) is 45.2 Å². The number of rotatable bonds is 7. The summed E-state index contributed by atoms with van der Waals surface area (Å²) >= 11 is 5.99. The number of hydrogen-bond donors (Lipinski definition) is 2. The molecule has 0 unspecified atom stereocenters. The van der Waals surface area contributed by atoms with Crippen LogP contribution in [0.2, 0.25) is 5.02 Å². The number of aromatic amines is 1. The molecule has 0 amide bonds. The Balaban J connectivity index is 1.33. The van der Waals surface area contributed by atoms with Crippen LogP contribution in [-0.4, -0.2) is 64.6 Å². The number of piperazine rings is 1. The zero-order chi connectivity index (χ0) is 24.4. The Kier molecular flexibility index (Phi) is 6.86. The molecule has 3 heterocycles. The fourth-order valence-corrected chi connectivity index (χ4v) is 4.62. The lowest BCUT2D eigenvalue weighted by Crippen LogP contribution is -2.45. The summed E-state index contributed by atoms with van der Waals surface area (Å²) in [6, 6.07) is 12.9. The van der Waals surface area contributed by atoms with Crippen molar-refractivity contribution >= 4 is 34.3 Å². The van der Waals surface area contributed by atoms with Gasteiger partial charge in [0.15, 0.2) is 0 Å². The summed E-state index contributed by atoms with van der Waals surface area (Å²) in [4.78, 5) is 17.3. The van der Waals surface area contributed by atoms with Crippen LogP contribution in [0.15, 0.2) is 48.7 Å². The first-order valence-corrected chi connectivity index (χ1v) is 12.1. The first-order valence-electron chi connectivity index (χ1n) is 11.7. The van der Waals surface area contributed by atoms with Crippen molar-refractivity contribution in [1.29, 1.82) is 0 Å². The van der Waals surface area contributed by atoms with Gasteiger partial charge >= 0.3 is 0 Å². The summed E-state index contributed by atoms with van der Waals surface area (Å²) in [7, 11) is 1.56. The molecular weight excluding hydrogens is 467 g/mol. The van der Waals surface area contributed by atoms with E-state index in [1.54, 1.807) is 25.4 Å². The Morgan fingerprint density at radius 1 is 1.06 bits per heavy atom. The number of anilines is 2. The molecule has 1 aliphatic heterocycles. The van der Waals surface area contributed by atoms with Crippen LogP contribution in [0.25, 0.3) is 22.2 Å². The highest BCUT2D eigenvalue weighted by atomic mass is 35.5. The average molecular weight is 495 g/mol. The van der Waals surface area contributed by atoms with Gasteiger partial charge in [-0.3, -0.25) is 4.90 Å². The molecule has 35 heavy (non-hydrogen) atoms. The van der Waals surface area contributed by atoms with E-state index in [4.69, 9.17) is 16.3 Å². The Hall–Kier alpha value is -3.20. The van der Waals surface area contributed by atoms with Gasteiger partial charge in [-0.1, -0.05) is 36.7 Å². The van der Waals surface area contributed by atoms with Crippen LogP contribution in [0.5, 0.6) is 5.88 Å². The van der Waals surface area contributed by atoms with E-state index in [0.717, 1.165) is 56.1 Å². The lowest BCUT2D eigenvalue weighted by atomic mass is 10.1. The number of nitrogens with zero attached hydrogens (tertiary/aromatic N) is 4. The number of aromatic nitrogens is 3. The maximum absolute atomic E-state index is 13.6. The molecule has 0 aliphatic carbocycles. The highest BCUT2D eigenvalue weighted by Gasteiger charge is 2.18. The number of H-pyrrole nitrogens is 1. The third-order valence-corrected chi connectivity index (χ3v) is 6.74. The SMILES string of the molecule is CCN1CCN(Cc2ccc(Nc3nc(OC)c4c(-c5ccc(F)c(Cl)c5)c[nH]c4n3)cc2)CC1. The van der Waals surface area contributed by atoms with Crippen molar-refractivity contribution in [3.63, 3.8) is 0 Å². The van der Waals surface area contributed by atoms with Crippen molar-refractivity contribution in [1.82, 2.24) is 24.8 Å². The van der Waals surface area contributed by atoms with Crippen LogP contribution in [0.1, 0.15) is 12.5 Å². The fraction of sp³-hybridized carbons (Fsp3) is 0.308. The lowest BCUT2D eigenvalue weighted by molar-refractivity contribution is 0.132. The van der Waals surface area contributed by atoms with Crippen molar-refractivity contribution < 1.29 is 9.13 Å². The molecule has 1 fully saturated rings. The number of methoxy groups -OCH3 is 1. The van der Waals surface area contributed by atoms with Gasteiger partial charge in [0.2, 0.25) is 11.8 Å². The molecule has 0 bridgehead atoms. The van der Waals surface area contributed by atoms with E-state index in [0.29, 0.717) is 22.9 Å². The summed E-state index contributed by atoms with van der Waals surface area (Å²) in [5.41, 5.74) is 4.31. The quantitative estimate of drug-likeness (QED) is 0.363. The number of nitrogens with one attached hydrogen (secondary N) is 2. The molecule has 2 aromatic heterocycles. The summed E-state index contributed by atoms with van der Waals surface area (Å²) < 4.78 is 19.2. The molecule has 0 atom stereocenters. The molecule has 2 N–H and O–H groups in total. The van der Waals surface area contributed by atoms with E-state index in [9.17, 15) is 4.39 Å². The third-order valence-electron chi connectivity index (χ3n) is 6.45. The largest absolute Gasteiger partial charge is 0.480 e. The van der Waals surface area contributed by atoms with Crippen molar-refractivity contribution in [2.45, 2.75) is 13.5 Å². The van der Waals surface area contributed by atoms with Crippen LogP contribution in [0.3, 0.4) is 0 Å². The molecule has 1 saturated heterocycles. The van der Waals surface area contributed by atoms with Crippen LogP contribution in [0, 0.1) is 5.82 Å². The number of likely N-dealkylation sites (N-methyl/N-ethyl adjacent to an activating group) is 1. The zero-order valence-electron chi connectivity index (χ0n) is 19.8. The molecular formula is C26H28ClFN6O. The maximum atomic E-state index is 13.6. The van der Waals surface area contributed by atoms with Gasteiger partial charge < -0.3 is 19.9 Å². The molecule has 182 valence electrons. The van der Waals surface area contributed by atoms with Crippen LogP contribution in [-0.2, 0) is 6.54 Å². The molecule has 0 radical (unpaired) electrons. The van der Waals surface area contributed by atoms with E-state index >= 15 is 0 Å². The number of ether oxygens (including phenoxy) is 1. The predicted octanol–water partition coefficient (Wildman–Crippen LogP) is 5.31. The molecule has 0 saturated carbocycles. The maximum Gasteiger partial charge on any atom is 0.232 e. The topological polar surface area (TPSA) is 69.3 Å². The van der Waals surface area contributed by atoms with Crippen LogP contribution in [0.4, 0.5) is 16.0 Å². The van der Waals surface area contributed by atoms with E-state index in [2.05, 4.69) is 49.1 Å². The van der Waals surface area contributed by atoms with Gasteiger partial charge in [0.1, 0.15) is 11.5 Å². The predicted molar refractivity (Wildman–Crippen MR) is 138 cm³/mol. The number of benzene rings is 2. The smallest absolute Gasteiger partial charge is 0.232 e. The van der Waals surface area contributed by atoms with Gasteiger partial charge in [0, 0.05) is 50.2 Å². The van der Waals surface area contributed by atoms with E-state index in [1.165, 1.54) is 11.6 Å². The van der Waals surface area contributed by atoms with Crippen LogP contribution < -0.4 is 10.1 Å². The fourth-order valence-electron chi connectivity index (χ4n) is 4.44. The van der Waals surface area contributed by atoms with E-state index in [-0.39, 0.29) is 5.02 Å². The standard InChI is InChI=1S/C26H28ClFN6O/c1-3-33-10-12-34(13-11-33)16-17-4-7-19(8-5-17)30-26-31-24-23(25(32-26)35-2)20(15-29-24)18-6-9-22(28)21(27)14-18/h4-9,14-15H,3,10-13,16H2,1-2H3,(H2,29,30,31,32). The molecule has 7 nitrogen and oxygen atoms in total. The Morgan fingerprint density at radius 3 is 2.49 bits per heavy atom. The summed E-state index contributed by atoms with van der Waals surface area (Å²) in [5.74, 6) is 0.371. The minimum Gasteiger partial charge on any atom is -0.480 e. The van der Waals surface area contributed by atoms with Crippen LogP contribution >= 0.6 is 11.6 Å². The second-order valence-electron chi connectivity index (χ2n) is 8.64. The van der Waals surface area contributed by atoms with Gasteiger partial charge in [-0.05, 0) is 41.9 Å². The van der Waals surface area contributed by atoms with E-state index in [1.807, 2.05) is 12.1 Å². The first kappa shape index (κ1) is 23.5. The molecule has 1 aliphatic rings. The Morgan fingerprint density at radius 2 is 1.80 bits per heavy atom. The van der Waals surface area contributed by atoms with Gasteiger partial charge in [-0.15, -0.1) is 0 Å². The van der Waals surface area contributed by atoms with Gasteiger partial charge in [0.25, 0.3) is 0 Å². The minimum absolute atomic E-state index is 0.0571. The minimum atomic E-state index is -0.463. The monoisotopic (exact) mass is 494 g/mol. The van der Waals surface area contributed by atoms with Crippen molar-refractivity contribution in [3.05, 3.63) is 65.1 Å². The summed E-state index contributed by atoms with van der Waals surface area (Å²) in [6.45, 7) is 8.76. The second kappa shape index (κ2) is 10.2. The zero-order valence-corrected chi connectivity index (χ0v) is 20.6. The molecule has 0 spiro atoms. The molecule has 9 heteroatoms. The first-order chi connectivity index (χ1) is 17.0. The highest BCUT2D eigenvalue weighted by molar-refractivity contribution is 6.31. The average Bonchev–Trinajstić information content (AvgIpc) is 3.31. The van der Waals surface area contributed by atoms with Gasteiger partial charge in [-0.2, -0.15) is 9.97 Å². The van der Waals surface area contributed by atoms with E-state index < -0.39 is 5.82 Å². The number of hydrogen-bond acceptors (Lipinski definition) is 6. The number of fused-ring (bicyclic) bond motifs is 1.